The van der Waals surface area contributed by atoms with E-state index in [1.165, 1.54) is 12.1 Å². The molecule has 84 valence electrons. The van der Waals surface area contributed by atoms with Gasteiger partial charge in [-0.25, -0.2) is 0 Å². The minimum atomic E-state index is -4.27. The third-order valence-corrected chi connectivity index (χ3v) is 2.85. The summed E-state index contributed by atoms with van der Waals surface area (Å²) in [6.45, 7) is 3.76. The van der Waals surface area contributed by atoms with Gasteiger partial charge in [-0.05, 0) is 23.1 Å². The number of hydrogen-bond donors (Lipinski definition) is 0. The Kier molecular flexibility index (Phi) is 3.82. The largest absolute Gasteiger partial charge is 0.416 e. The summed E-state index contributed by atoms with van der Waals surface area (Å²) in [5.74, 6) is 0.107. The standard InChI is InChI=1S/C11H12BrF3/c1-7(2)8-3-4-9(6-12)10(5-8)11(13,14)15/h3-5,7H,6H2,1-2H3. The zero-order chi connectivity index (χ0) is 11.6. The quantitative estimate of drug-likeness (QED) is 0.688. The molecular weight excluding hydrogens is 269 g/mol. The predicted molar refractivity (Wildman–Crippen MR) is 58.2 cm³/mol. The third kappa shape index (κ3) is 2.97. The van der Waals surface area contributed by atoms with Crippen molar-refractivity contribution in [3.8, 4) is 0 Å². The van der Waals surface area contributed by atoms with Crippen LogP contribution in [0.3, 0.4) is 0 Å². The first-order chi connectivity index (χ1) is 6.86. The smallest absolute Gasteiger partial charge is 0.166 e. The molecular formula is C11H12BrF3. The third-order valence-electron chi connectivity index (χ3n) is 2.25. The molecule has 0 amide bonds. The second kappa shape index (κ2) is 4.56. The van der Waals surface area contributed by atoms with Gasteiger partial charge in [-0.3, -0.25) is 0 Å². The van der Waals surface area contributed by atoms with Crippen molar-refractivity contribution in [2.24, 2.45) is 0 Å². The lowest BCUT2D eigenvalue weighted by molar-refractivity contribution is -0.138. The Balaban J connectivity index is 3.26. The molecule has 0 aliphatic carbocycles. The average Bonchev–Trinajstić information content (AvgIpc) is 2.15. The van der Waals surface area contributed by atoms with E-state index in [1.54, 1.807) is 6.07 Å². The van der Waals surface area contributed by atoms with Crippen LogP contribution in [0, 0.1) is 0 Å². The Bertz CT molecular complexity index is 342. The molecule has 0 saturated heterocycles. The monoisotopic (exact) mass is 280 g/mol. The van der Waals surface area contributed by atoms with E-state index < -0.39 is 11.7 Å². The molecule has 0 aromatic heterocycles. The molecule has 0 N–H and O–H groups in total. The molecule has 0 aliphatic rings. The molecule has 0 fully saturated rings. The van der Waals surface area contributed by atoms with Crippen molar-refractivity contribution >= 4 is 15.9 Å². The fourth-order valence-electron chi connectivity index (χ4n) is 1.33. The summed E-state index contributed by atoms with van der Waals surface area (Å²) >= 11 is 3.06. The summed E-state index contributed by atoms with van der Waals surface area (Å²) in [7, 11) is 0. The maximum absolute atomic E-state index is 12.7. The summed E-state index contributed by atoms with van der Waals surface area (Å²) in [5, 5.41) is 0.222. The maximum Gasteiger partial charge on any atom is 0.416 e. The van der Waals surface area contributed by atoms with E-state index in [2.05, 4.69) is 15.9 Å². The highest BCUT2D eigenvalue weighted by Gasteiger charge is 2.33. The van der Waals surface area contributed by atoms with Crippen LogP contribution in [0.4, 0.5) is 13.2 Å². The summed E-state index contributed by atoms with van der Waals surface area (Å²) in [6, 6.07) is 4.52. The second-order valence-corrected chi connectivity index (χ2v) is 4.26. The molecule has 4 heteroatoms. The second-order valence-electron chi connectivity index (χ2n) is 3.70. The van der Waals surface area contributed by atoms with Gasteiger partial charge >= 0.3 is 6.18 Å². The maximum atomic E-state index is 12.7. The van der Waals surface area contributed by atoms with Crippen LogP contribution in [-0.4, -0.2) is 0 Å². The van der Waals surface area contributed by atoms with E-state index in [-0.39, 0.29) is 16.8 Å². The van der Waals surface area contributed by atoms with E-state index >= 15 is 0 Å². The van der Waals surface area contributed by atoms with Crippen molar-refractivity contribution < 1.29 is 13.2 Å². The Hall–Kier alpha value is -0.510. The molecule has 0 aliphatic heterocycles. The van der Waals surface area contributed by atoms with Crippen LogP contribution >= 0.6 is 15.9 Å². The lowest BCUT2D eigenvalue weighted by atomic mass is 9.98. The minimum Gasteiger partial charge on any atom is -0.166 e. The number of benzene rings is 1. The molecule has 0 unspecified atom stereocenters. The van der Waals surface area contributed by atoms with Crippen LogP contribution in [0.25, 0.3) is 0 Å². The van der Waals surface area contributed by atoms with Crippen molar-refractivity contribution in [2.75, 3.05) is 0 Å². The number of halogens is 4. The molecule has 0 heterocycles. The highest BCUT2D eigenvalue weighted by Crippen LogP contribution is 2.34. The Morgan fingerprint density at radius 1 is 1.27 bits per heavy atom. The Morgan fingerprint density at radius 3 is 2.27 bits per heavy atom. The van der Waals surface area contributed by atoms with Crippen molar-refractivity contribution in [3.63, 3.8) is 0 Å². The number of alkyl halides is 4. The van der Waals surface area contributed by atoms with Crippen LogP contribution in [0.15, 0.2) is 18.2 Å². The number of hydrogen-bond acceptors (Lipinski definition) is 0. The van der Waals surface area contributed by atoms with Crippen molar-refractivity contribution in [2.45, 2.75) is 31.3 Å². The molecule has 0 atom stereocenters. The van der Waals surface area contributed by atoms with E-state index in [9.17, 15) is 13.2 Å². The van der Waals surface area contributed by atoms with Gasteiger partial charge in [0.05, 0.1) is 5.56 Å². The molecule has 1 aromatic carbocycles. The summed E-state index contributed by atoms with van der Waals surface area (Å²) in [5.41, 5.74) is 0.463. The van der Waals surface area contributed by atoms with Crippen LogP contribution in [0.1, 0.15) is 36.5 Å². The summed E-state index contributed by atoms with van der Waals surface area (Å²) in [6.07, 6.45) is -4.27. The van der Waals surface area contributed by atoms with Gasteiger partial charge in [-0.2, -0.15) is 13.2 Å². The topological polar surface area (TPSA) is 0 Å². The Labute approximate surface area is 95.6 Å². The molecule has 0 radical (unpaired) electrons. The van der Waals surface area contributed by atoms with Crippen molar-refractivity contribution in [1.82, 2.24) is 0 Å². The lowest BCUT2D eigenvalue weighted by Gasteiger charge is -2.14. The van der Waals surface area contributed by atoms with Gasteiger partial charge in [0.1, 0.15) is 0 Å². The zero-order valence-corrected chi connectivity index (χ0v) is 10.1. The molecule has 15 heavy (non-hydrogen) atoms. The van der Waals surface area contributed by atoms with Gasteiger partial charge < -0.3 is 0 Å². The zero-order valence-electron chi connectivity index (χ0n) is 8.53. The van der Waals surface area contributed by atoms with Gasteiger partial charge in [0.25, 0.3) is 0 Å². The van der Waals surface area contributed by atoms with E-state index in [0.29, 0.717) is 5.56 Å². The van der Waals surface area contributed by atoms with Gasteiger partial charge in [-0.15, -0.1) is 0 Å². The predicted octanol–water partition coefficient (Wildman–Crippen LogP) is 4.72. The van der Waals surface area contributed by atoms with E-state index in [1.807, 2.05) is 13.8 Å². The van der Waals surface area contributed by atoms with Crippen LogP contribution in [0.2, 0.25) is 0 Å². The highest BCUT2D eigenvalue weighted by atomic mass is 79.9. The SMILES string of the molecule is CC(C)c1ccc(CBr)c(C(F)(F)F)c1. The molecule has 0 saturated carbocycles. The fourth-order valence-corrected chi connectivity index (χ4v) is 1.82. The molecule has 1 aromatic rings. The molecule has 1 rings (SSSR count). The molecule has 0 nitrogen and oxygen atoms in total. The first kappa shape index (κ1) is 12.6. The van der Waals surface area contributed by atoms with Gasteiger partial charge in [-0.1, -0.05) is 41.9 Å². The lowest BCUT2D eigenvalue weighted by Crippen LogP contribution is -2.09. The van der Waals surface area contributed by atoms with Gasteiger partial charge in [0.15, 0.2) is 0 Å². The van der Waals surface area contributed by atoms with Gasteiger partial charge in [0, 0.05) is 5.33 Å². The van der Waals surface area contributed by atoms with E-state index in [4.69, 9.17) is 0 Å². The van der Waals surface area contributed by atoms with Crippen molar-refractivity contribution in [1.29, 1.82) is 0 Å². The average molecular weight is 281 g/mol. The van der Waals surface area contributed by atoms with Crippen LogP contribution < -0.4 is 0 Å². The fraction of sp³-hybridized carbons (Fsp3) is 0.455. The number of rotatable bonds is 2. The highest BCUT2D eigenvalue weighted by molar-refractivity contribution is 9.08. The minimum absolute atomic E-state index is 0.107. The molecule has 0 bridgehead atoms. The first-order valence-corrected chi connectivity index (χ1v) is 5.74. The van der Waals surface area contributed by atoms with E-state index in [0.717, 1.165) is 0 Å². The molecule has 0 spiro atoms. The van der Waals surface area contributed by atoms with Crippen molar-refractivity contribution in [3.05, 3.63) is 34.9 Å². The normalized spacial score (nSPS) is 12.2. The van der Waals surface area contributed by atoms with Gasteiger partial charge in [0.2, 0.25) is 0 Å². The summed E-state index contributed by atoms with van der Waals surface area (Å²) < 4.78 is 38.0. The Morgan fingerprint density at radius 2 is 1.87 bits per heavy atom. The first-order valence-electron chi connectivity index (χ1n) is 4.62. The summed E-state index contributed by atoms with van der Waals surface area (Å²) in [4.78, 5) is 0. The van der Waals surface area contributed by atoms with Crippen LogP contribution in [-0.2, 0) is 11.5 Å². The van der Waals surface area contributed by atoms with Crippen LogP contribution in [0.5, 0.6) is 0 Å².